The lowest BCUT2D eigenvalue weighted by Crippen LogP contribution is -2.63. The van der Waals surface area contributed by atoms with Crippen LogP contribution in [0.3, 0.4) is 0 Å². The molecule has 0 aromatic heterocycles. The number of aliphatic hydroxyl groups excluding tert-OH is 2. The van der Waals surface area contributed by atoms with Crippen LogP contribution in [-0.2, 0) is 68.7 Å². The van der Waals surface area contributed by atoms with Crippen LogP contribution in [0.15, 0.2) is 35.3 Å². The highest BCUT2D eigenvalue weighted by molar-refractivity contribution is 6.00. The first-order chi connectivity index (χ1) is 42.1. The van der Waals surface area contributed by atoms with Crippen molar-refractivity contribution in [2.24, 2.45) is 40.1 Å². The topological polar surface area (TPSA) is 463 Å². The van der Waals surface area contributed by atoms with E-state index in [1.54, 1.807) is 62.4 Å². The van der Waals surface area contributed by atoms with Crippen molar-refractivity contribution in [3.63, 3.8) is 0 Å². The number of rotatable bonds is 33. The van der Waals surface area contributed by atoms with E-state index in [0.29, 0.717) is 25.7 Å². The molecule has 1 aromatic carbocycles. The highest BCUT2D eigenvalue weighted by Crippen LogP contribution is 2.19. The number of aliphatic imine (C=N–C) groups is 1. The quantitative estimate of drug-likeness (QED) is 0.0300. The monoisotopic (exact) mass is 1260 g/mol. The fourth-order valence-electron chi connectivity index (χ4n) is 9.95. The Balaban J connectivity index is 1.86. The molecule has 89 heavy (non-hydrogen) atoms. The van der Waals surface area contributed by atoms with E-state index in [1.165, 1.54) is 13.8 Å². The third kappa shape index (κ3) is 22.8. The maximum absolute atomic E-state index is 14.4. The Bertz CT molecular complexity index is 2630. The van der Waals surface area contributed by atoms with Crippen molar-refractivity contribution in [2.45, 2.75) is 206 Å². The number of likely N-dealkylation sites (N-methyl/N-ethyl adjacent to an activating group) is 1. The van der Waals surface area contributed by atoms with E-state index in [1.807, 2.05) is 30.3 Å². The number of ether oxygens (including phenoxy) is 1. The number of nitrogens with two attached hydrogens (primary N) is 2. The minimum absolute atomic E-state index is 0.00797. The molecule has 1 saturated heterocycles. The Morgan fingerprint density at radius 2 is 1.10 bits per heavy atom. The number of amides is 11. The van der Waals surface area contributed by atoms with Gasteiger partial charge < -0.3 is 90.2 Å². The Morgan fingerprint density at radius 1 is 0.618 bits per heavy atom. The van der Waals surface area contributed by atoms with Gasteiger partial charge in [-0.15, -0.1) is 0 Å². The number of hydrogen-bond acceptors (Lipinski definition) is 19. The number of carbonyl (C=O) groups is 12. The van der Waals surface area contributed by atoms with Crippen molar-refractivity contribution in [1.82, 2.24) is 63.8 Å². The van der Waals surface area contributed by atoms with E-state index in [0.717, 1.165) is 5.56 Å². The first-order valence-corrected chi connectivity index (χ1v) is 30.6. The second kappa shape index (κ2) is 37.1. The van der Waals surface area contributed by atoms with E-state index < -0.39 is 199 Å². The van der Waals surface area contributed by atoms with Gasteiger partial charge in [0.1, 0.15) is 66.5 Å². The molecule has 30 nitrogen and oxygen atoms in total. The summed E-state index contributed by atoms with van der Waals surface area (Å²) in [4.78, 5) is 170. The van der Waals surface area contributed by atoms with Crippen LogP contribution in [0.5, 0.6) is 0 Å². The lowest BCUT2D eigenvalue weighted by Gasteiger charge is -2.31. The molecule has 1 aromatic rings. The van der Waals surface area contributed by atoms with Crippen LogP contribution >= 0.6 is 0 Å². The minimum atomic E-state index is -1.82. The van der Waals surface area contributed by atoms with Crippen molar-refractivity contribution in [3.05, 3.63) is 35.9 Å². The minimum Gasteiger partial charge on any atom is -0.458 e. The maximum Gasteiger partial charge on any atom is 0.329 e. The number of esters is 1. The highest BCUT2D eigenvalue weighted by atomic mass is 16.5. The van der Waals surface area contributed by atoms with E-state index >= 15 is 0 Å². The van der Waals surface area contributed by atoms with Crippen LogP contribution in [0, 0.1) is 23.7 Å². The summed E-state index contributed by atoms with van der Waals surface area (Å²) in [6.07, 6.45) is -0.333. The lowest BCUT2D eigenvalue weighted by molar-refractivity contribution is -0.157. The number of nitrogens with one attached hydrogen (secondary N) is 12. The summed E-state index contributed by atoms with van der Waals surface area (Å²) in [6.45, 7) is 14.5. The molecule has 2 heterocycles. The van der Waals surface area contributed by atoms with Gasteiger partial charge in [0.05, 0.1) is 31.8 Å². The van der Waals surface area contributed by atoms with Crippen LogP contribution in [-0.4, -0.2) is 193 Å². The van der Waals surface area contributed by atoms with Crippen LogP contribution in [0.1, 0.15) is 126 Å². The second-order valence-corrected chi connectivity index (χ2v) is 23.0. The van der Waals surface area contributed by atoms with Crippen LogP contribution in [0.4, 0.5) is 0 Å². The molecule has 11 amide bonds. The molecule has 498 valence electrons. The van der Waals surface area contributed by atoms with Gasteiger partial charge in [-0.25, -0.2) is 4.79 Å². The van der Waals surface area contributed by atoms with Gasteiger partial charge in [0.15, 0.2) is 5.96 Å². The van der Waals surface area contributed by atoms with E-state index in [2.05, 4.69) is 68.8 Å². The largest absolute Gasteiger partial charge is 0.458 e. The Morgan fingerprint density at radius 3 is 1.57 bits per heavy atom. The summed E-state index contributed by atoms with van der Waals surface area (Å²) in [7, 11) is 1.60. The zero-order valence-corrected chi connectivity index (χ0v) is 53.0. The second-order valence-electron chi connectivity index (χ2n) is 23.0. The third-order valence-corrected chi connectivity index (χ3v) is 16.4. The van der Waals surface area contributed by atoms with E-state index in [4.69, 9.17) is 16.2 Å². The summed E-state index contributed by atoms with van der Waals surface area (Å²) in [5.74, 6) is -13.0. The number of aliphatic hydroxyl groups is 2. The molecule has 16 atom stereocenters. The van der Waals surface area contributed by atoms with Crippen LogP contribution < -0.4 is 75.3 Å². The number of cyclic esters (lactones) is 1. The first kappa shape index (κ1) is 75.3. The summed E-state index contributed by atoms with van der Waals surface area (Å²) >= 11 is 0. The standard InChI is InChI=1S/C59H97N15O15/c1-12-29(6)43(71-50(80)38(62-11)24-34-20-18-17-19-21-34)54(84)68-40(27-75)52(82)66-37(22-23-42(60)77)49(79)70-45(31(8)14-3)56(86)72-44(30(7)13-2)55(85)69-41(28-76)53(83)73-46-33(10)89-58(88)47(35(15-4)16-5)74-51(81)39(25-36-26-63-59(61)65-36)67-48(78)32(9)64-57(46)87/h17-21,29-33,35-41,43-47,62,75-76H,12-16,22-28H2,1-11H3,(H2,60,77)(H,64,87)(H,66,82)(H,67,78)(H,68,84)(H,69,85)(H,70,79)(H,71,80)(H,72,86)(H,73,83)(H,74,81)(H3,61,63,65)/t29-,30-,31-,32-,33-,36-,37+,38+,39-,40-,41-,43-,44-,45+,46+,47-/m0/s1. The molecule has 18 N–H and O–H groups in total. The van der Waals surface area contributed by atoms with Crippen molar-refractivity contribution in [2.75, 3.05) is 26.8 Å². The van der Waals surface area contributed by atoms with Gasteiger partial charge in [-0.05, 0) is 69.4 Å². The molecule has 0 spiro atoms. The number of nitrogens with zero attached hydrogens (tertiary/aromatic N) is 1. The average molecular weight is 1260 g/mol. The maximum atomic E-state index is 14.4. The fraction of sp³-hybridized carbons (Fsp3) is 0.678. The Labute approximate surface area is 520 Å². The van der Waals surface area contributed by atoms with Gasteiger partial charge in [0, 0.05) is 6.42 Å². The van der Waals surface area contributed by atoms with Gasteiger partial charge in [-0.1, -0.05) is 118 Å². The van der Waals surface area contributed by atoms with Gasteiger partial charge in [-0.2, -0.15) is 0 Å². The zero-order valence-electron chi connectivity index (χ0n) is 53.0. The normalized spacial score (nSPS) is 22.3. The summed E-state index contributed by atoms with van der Waals surface area (Å²) in [6, 6.07) is -6.84. The summed E-state index contributed by atoms with van der Waals surface area (Å²) in [5.41, 5.74) is 12.1. The SMILES string of the molecule is CCC(CC)[C@@H]1NC(=O)[C@H](C[C@H]2CN=C(N)N2)NC(=O)[C@H](C)NC(=O)[C@H](NC(=O)[C@H](CO)NC(=O)[C@@H](NC(=O)[C@H](NC(=O)[C@@H](CCC(N)=O)NC(=O)[C@H](CO)NC(=O)[C@@H](NC(=O)[C@@H](Cc2ccccc2)NC)[C@@H](C)CC)[C@@H](C)CC)[C@@H](C)CC)[C@H](C)OC1=O. The van der Waals surface area contributed by atoms with Crippen LogP contribution in [0.2, 0.25) is 0 Å². The van der Waals surface area contributed by atoms with Gasteiger partial charge in [0.25, 0.3) is 0 Å². The molecule has 1 fully saturated rings. The fourth-order valence-corrected chi connectivity index (χ4v) is 9.95. The van der Waals surface area contributed by atoms with Crippen molar-refractivity contribution >= 4 is 76.9 Å². The third-order valence-electron chi connectivity index (χ3n) is 16.4. The summed E-state index contributed by atoms with van der Waals surface area (Å²) < 4.78 is 5.79. The van der Waals surface area contributed by atoms with Crippen molar-refractivity contribution in [1.29, 1.82) is 0 Å². The zero-order chi connectivity index (χ0) is 66.8. The lowest BCUT2D eigenvalue weighted by atomic mass is 9.93. The van der Waals surface area contributed by atoms with Gasteiger partial charge >= 0.3 is 5.97 Å². The van der Waals surface area contributed by atoms with Crippen LogP contribution in [0.25, 0.3) is 0 Å². The number of hydrogen-bond donors (Lipinski definition) is 16. The molecule has 0 saturated carbocycles. The number of primary amides is 1. The average Bonchev–Trinajstić information content (AvgIpc) is 2.84. The Hall–Kier alpha value is -7.99. The molecule has 0 radical (unpaired) electrons. The molecule has 30 heteroatoms. The molecule has 0 bridgehead atoms. The molecule has 0 unspecified atom stereocenters. The number of benzene rings is 1. The molecule has 0 aliphatic carbocycles. The number of guanidine groups is 1. The predicted molar refractivity (Wildman–Crippen MR) is 327 cm³/mol. The van der Waals surface area contributed by atoms with Crippen molar-refractivity contribution in [3.8, 4) is 0 Å². The molecular formula is C59H97N15O15. The summed E-state index contributed by atoms with van der Waals surface area (Å²) in [5, 5.41) is 52.4. The van der Waals surface area contributed by atoms with E-state index in [-0.39, 0.29) is 31.8 Å². The van der Waals surface area contributed by atoms with Crippen molar-refractivity contribution < 1.29 is 72.5 Å². The molecular weight excluding hydrogens is 1160 g/mol. The van der Waals surface area contributed by atoms with Gasteiger partial charge in [-0.3, -0.25) is 57.7 Å². The van der Waals surface area contributed by atoms with E-state index in [9.17, 15) is 67.7 Å². The predicted octanol–water partition coefficient (Wildman–Crippen LogP) is -3.87. The molecule has 2 aliphatic rings. The highest BCUT2D eigenvalue weighted by Gasteiger charge is 2.42. The van der Waals surface area contributed by atoms with Gasteiger partial charge in [0.2, 0.25) is 65.0 Å². The smallest absolute Gasteiger partial charge is 0.329 e. The first-order valence-electron chi connectivity index (χ1n) is 30.6. The molecule has 3 rings (SSSR count). The number of carbonyl (C=O) groups excluding carboxylic acids is 12. The Kier molecular flexibility index (Phi) is 31.4. The molecule has 2 aliphatic heterocycles.